The minimum atomic E-state index is -1.44. The predicted octanol–water partition coefficient (Wildman–Crippen LogP) is 2.23. The molecular weight excluding hydrogens is 178 g/mol. The summed E-state index contributed by atoms with van der Waals surface area (Å²) in [7, 11) is 0. The molecule has 0 bridgehead atoms. The highest BCUT2D eigenvalue weighted by atomic mass is 19.1. The monoisotopic (exact) mass is 186 g/mol. The summed E-state index contributed by atoms with van der Waals surface area (Å²) in [6.07, 6.45) is 0.158. The van der Waals surface area contributed by atoms with E-state index in [4.69, 9.17) is 5.11 Å². The highest BCUT2D eigenvalue weighted by Crippen LogP contribution is 2.17. The average Bonchev–Trinajstić information content (AvgIpc) is 2.07. The van der Waals surface area contributed by atoms with Gasteiger partial charge in [-0.15, -0.1) is 0 Å². The number of carboxylic acids is 1. The molecule has 0 saturated carbocycles. The van der Waals surface area contributed by atoms with Gasteiger partial charge in [-0.25, -0.2) is 13.6 Å². The summed E-state index contributed by atoms with van der Waals surface area (Å²) in [4.78, 5) is 10.5. The van der Waals surface area contributed by atoms with E-state index < -0.39 is 23.2 Å². The molecule has 0 heterocycles. The first-order valence-electron chi connectivity index (χ1n) is 3.78. The molecule has 0 aliphatic heterocycles. The fraction of sp³-hybridized carbons (Fsp3) is 0.222. The molecule has 0 radical (unpaired) electrons. The highest BCUT2D eigenvalue weighted by Gasteiger charge is 2.17. The van der Waals surface area contributed by atoms with E-state index in [0.717, 1.165) is 12.1 Å². The van der Waals surface area contributed by atoms with Crippen LogP contribution in [0.3, 0.4) is 0 Å². The van der Waals surface area contributed by atoms with Crippen LogP contribution in [-0.4, -0.2) is 11.1 Å². The van der Waals surface area contributed by atoms with Gasteiger partial charge in [0, 0.05) is 5.56 Å². The van der Waals surface area contributed by atoms with Gasteiger partial charge in [0.15, 0.2) is 0 Å². The lowest BCUT2D eigenvalue weighted by atomic mass is 10.0. The SMILES string of the molecule is CCc1c(F)ccc(F)c1C(=O)O. The Bertz CT molecular complexity index is 348. The number of halogens is 2. The van der Waals surface area contributed by atoms with Crippen LogP contribution in [0, 0.1) is 11.6 Å². The summed E-state index contributed by atoms with van der Waals surface area (Å²) in [6.45, 7) is 1.57. The lowest BCUT2D eigenvalue weighted by Gasteiger charge is -2.05. The zero-order valence-corrected chi connectivity index (χ0v) is 6.97. The molecule has 70 valence electrons. The predicted molar refractivity (Wildman–Crippen MR) is 42.7 cm³/mol. The molecule has 1 aromatic rings. The third-order valence-electron chi connectivity index (χ3n) is 1.77. The summed E-state index contributed by atoms with van der Waals surface area (Å²) in [5.41, 5.74) is -0.657. The number of carboxylic acid groups (broad SMARTS) is 1. The number of benzene rings is 1. The Balaban J connectivity index is 3.43. The van der Waals surface area contributed by atoms with Crippen molar-refractivity contribution in [1.29, 1.82) is 0 Å². The topological polar surface area (TPSA) is 37.3 Å². The van der Waals surface area contributed by atoms with Crippen LogP contribution in [0.2, 0.25) is 0 Å². The number of carbonyl (C=O) groups is 1. The molecule has 0 aromatic heterocycles. The van der Waals surface area contributed by atoms with Crippen LogP contribution in [0.4, 0.5) is 8.78 Å². The molecule has 0 spiro atoms. The lowest BCUT2D eigenvalue weighted by molar-refractivity contribution is 0.0690. The Morgan fingerprint density at radius 1 is 1.38 bits per heavy atom. The van der Waals surface area contributed by atoms with E-state index in [0.29, 0.717) is 0 Å². The maximum atomic E-state index is 13.0. The quantitative estimate of drug-likeness (QED) is 0.768. The van der Waals surface area contributed by atoms with E-state index in [2.05, 4.69) is 0 Å². The largest absolute Gasteiger partial charge is 0.478 e. The van der Waals surface area contributed by atoms with Crippen LogP contribution in [0.15, 0.2) is 12.1 Å². The maximum absolute atomic E-state index is 13.0. The lowest BCUT2D eigenvalue weighted by Crippen LogP contribution is -2.07. The molecule has 0 fully saturated rings. The summed E-state index contributed by atoms with van der Waals surface area (Å²) >= 11 is 0. The van der Waals surface area contributed by atoms with Gasteiger partial charge in [-0.1, -0.05) is 6.92 Å². The number of hydrogen-bond acceptors (Lipinski definition) is 1. The number of rotatable bonds is 2. The van der Waals surface area contributed by atoms with Gasteiger partial charge >= 0.3 is 5.97 Å². The van der Waals surface area contributed by atoms with Gasteiger partial charge in [-0.2, -0.15) is 0 Å². The molecule has 1 rings (SSSR count). The van der Waals surface area contributed by atoms with E-state index in [1.165, 1.54) is 0 Å². The van der Waals surface area contributed by atoms with Crippen LogP contribution in [0.1, 0.15) is 22.8 Å². The van der Waals surface area contributed by atoms with E-state index in [1.54, 1.807) is 6.92 Å². The Labute approximate surface area is 73.8 Å². The van der Waals surface area contributed by atoms with Crippen LogP contribution < -0.4 is 0 Å². The average molecular weight is 186 g/mol. The molecule has 0 aliphatic rings. The molecule has 13 heavy (non-hydrogen) atoms. The van der Waals surface area contributed by atoms with Crippen molar-refractivity contribution in [2.45, 2.75) is 13.3 Å². The van der Waals surface area contributed by atoms with E-state index in [-0.39, 0.29) is 12.0 Å². The van der Waals surface area contributed by atoms with Gasteiger partial charge in [-0.05, 0) is 18.6 Å². The van der Waals surface area contributed by atoms with Gasteiger partial charge in [-0.3, -0.25) is 0 Å². The third kappa shape index (κ3) is 1.66. The van der Waals surface area contributed by atoms with E-state index in [9.17, 15) is 13.6 Å². The second-order valence-electron chi connectivity index (χ2n) is 2.54. The van der Waals surface area contributed by atoms with E-state index in [1.807, 2.05) is 0 Å². The fourth-order valence-electron chi connectivity index (χ4n) is 1.17. The minimum Gasteiger partial charge on any atom is -0.478 e. The summed E-state index contributed by atoms with van der Waals surface area (Å²) in [5, 5.41) is 8.60. The second-order valence-corrected chi connectivity index (χ2v) is 2.54. The molecule has 4 heteroatoms. The second kappa shape index (κ2) is 3.51. The van der Waals surface area contributed by atoms with Crippen LogP contribution >= 0.6 is 0 Å². The maximum Gasteiger partial charge on any atom is 0.339 e. The highest BCUT2D eigenvalue weighted by molar-refractivity contribution is 5.89. The van der Waals surface area contributed by atoms with Crippen LogP contribution in [0.25, 0.3) is 0 Å². The van der Waals surface area contributed by atoms with Gasteiger partial charge in [0.05, 0.1) is 0 Å². The first-order valence-corrected chi connectivity index (χ1v) is 3.78. The Morgan fingerprint density at radius 3 is 2.31 bits per heavy atom. The summed E-state index contributed by atoms with van der Waals surface area (Å²) < 4.78 is 25.9. The molecule has 1 aromatic carbocycles. The van der Waals surface area contributed by atoms with Crippen molar-refractivity contribution in [1.82, 2.24) is 0 Å². The van der Waals surface area contributed by atoms with Gasteiger partial charge in [0.25, 0.3) is 0 Å². The molecule has 0 atom stereocenters. The van der Waals surface area contributed by atoms with E-state index >= 15 is 0 Å². The summed E-state index contributed by atoms with van der Waals surface area (Å²) in [5.74, 6) is -3.01. The fourth-order valence-corrected chi connectivity index (χ4v) is 1.17. The molecule has 0 amide bonds. The molecule has 0 unspecified atom stereocenters. The smallest absolute Gasteiger partial charge is 0.339 e. The van der Waals surface area contributed by atoms with Gasteiger partial charge < -0.3 is 5.11 Å². The third-order valence-corrected chi connectivity index (χ3v) is 1.77. The van der Waals surface area contributed by atoms with Crippen molar-refractivity contribution in [2.75, 3.05) is 0 Å². The van der Waals surface area contributed by atoms with Crippen molar-refractivity contribution in [3.8, 4) is 0 Å². The Kier molecular flexibility index (Phi) is 2.60. The van der Waals surface area contributed by atoms with Gasteiger partial charge in [0.1, 0.15) is 17.2 Å². The van der Waals surface area contributed by atoms with Crippen molar-refractivity contribution in [3.63, 3.8) is 0 Å². The zero-order chi connectivity index (χ0) is 10.0. The summed E-state index contributed by atoms with van der Waals surface area (Å²) in [6, 6.07) is 1.75. The minimum absolute atomic E-state index is 0.0903. The standard InChI is InChI=1S/C9H8F2O2/c1-2-5-6(10)3-4-7(11)8(5)9(12)13/h3-4H,2H2,1H3,(H,12,13). The first-order chi connectivity index (χ1) is 6.07. The zero-order valence-electron chi connectivity index (χ0n) is 6.97. The molecule has 0 aliphatic carbocycles. The molecule has 2 nitrogen and oxygen atoms in total. The number of hydrogen-bond donors (Lipinski definition) is 1. The van der Waals surface area contributed by atoms with Crippen LogP contribution in [0.5, 0.6) is 0 Å². The van der Waals surface area contributed by atoms with Crippen molar-refractivity contribution in [3.05, 3.63) is 34.9 Å². The van der Waals surface area contributed by atoms with Crippen molar-refractivity contribution in [2.24, 2.45) is 0 Å². The van der Waals surface area contributed by atoms with Crippen molar-refractivity contribution >= 4 is 5.97 Å². The normalized spacial score (nSPS) is 10.1. The molecular formula is C9H8F2O2. The molecule has 1 N–H and O–H groups in total. The molecule has 0 saturated heterocycles. The number of aromatic carboxylic acids is 1. The van der Waals surface area contributed by atoms with Crippen LogP contribution in [-0.2, 0) is 6.42 Å². The van der Waals surface area contributed by atoms with Gasteiger partial charge in [0.2, 0.25) is 0 Å². The van der Waals surface area contributed by atoms with Crippen molar-refractivity contribution < 1.29 is 18.7 Å². The Hall–Kier alpha value is -1.45. The Morgan fingerprint density at radius 2 is 1.92 bits per heavy atom. The first kappa shape index (κ1) is 9.64.